The van der Waals surface area contributed by atoms with Crippen LogP contribution in [0.1, 0.15) is 18.1 Å². The van der Waals surface area contributed by atoms with Crippen LogP contribution in [-0.2, 0) is 26.0 Å². The largest absolute Gasteiger partial charge is 0.497 e. The SMILES string of the molecule is CCNC(=O)NS(=O)(=O)c1cc(CCNC(=O)/C=C/c2ccc(OC)cc2OC)ccc1OCCOC. The van der Waals surface area contributed by atoms with Crippen LogP contribution in [0, 0.1) is 0 Å². The molecule has 3 amide bonds. The maximum Gasteiger partial charge on any atom is 0.328 e. The third-order valence-electron chi connectivity index (χ3n) is 4.97. The molecule has 0 atom stereocenters. The minimum atomic E-state index is -4.21. The molecule has 11 nitrogen and oxygen atoms in total. The Hall–Kier alpha value is -3.77. The Morgan fingerprint density at radius 2 is 1.73 bits per heavy atom. The van der Waals surface area contributed by atoms with Crippen LogP contribution in [-0.4, -0.2) is 68.0 Å². The molecule has 0 spiro atoms. The Labute approximate surface area is 217 Å². The van der Waals surface area contributed by atoms with Crippen LogP contribution in [0.4, 0.5) is 4.79 Å². The molecular formula is C25H33N3O8S. The van der Waals surface area contributed by atoms with Crippen LogP contribution in [0.3, 0.4) is 0 Å². The van der Waals surface area contributed by atoms with E-state index in [0.29, 0.717) is 29.0 Å². The highest BCUT2D eigenvalue weighted by atomic mass is 32.2. The average molecular weight is 536 g/mol. The third kappa shape index (κ3) is 9.32. The fraction of sp³-hybridized carbons (Fsp3) is 0.360. The van der Waals surface area contributed by atoms with Gasteiger partial charge in [0.15, 0.2) is 0 Å². The number of hydrogen-bond acceptors (Lipinski definition) is 8. The highest BCUT2D eigenvalue weighted by Gasteiger charge is 2.23. The van der Waals surface area contributed by atoms with Gasteiger partial charge in [-0.2, -0.15) is 0 Å². The fourth-order valence-corrected chi connectivity index (χ4v) is 4.28. The molecular weight excluding hydrogens is 502 g/mol. The number of rotatable bonds is 14. The maximum absolute atomic E-state index is 12.8. The van der Waals surface area contributed by atoms with Crippen molar-refractivity contribution in [3.63, 3.8) is 0 Å². The van der Waals surface area contributed by atoms with Gasteiger partial charge in [0.25, 0.3) is 10.0 Å². The average Bonchev–Trinajstić information content (AvgIpc) is 2.87. The molecule has 12 heteroatoms. The van der Waals surface area contributed by atoms with Gasteiger partial charge in [0.2, 0.25) is 5.91 Å². The van der Waals surface area contributed by atoms with E-state index in [1.807, 2.05) is 4.72 Å². The number of sulfonamides is 1. The van der Waals surface area contributed by atoms with Crippen molar-refractivity contribution in [1.29, 1.82) is 0 Å². The lowest BCUT2D eigenvalue weighted by atomic mass is 10.1. The van der Waals surface area contributed by atoms with E-state index >= 15 is 0 Å². The lowest BCUT2D eigenvalue weighted by molar-refractivity contribution is -0.116. The summed E-state index contributed by atoms with van der Waals surface area (Å²) >= 11 is 0. The molecule has 0 aliphatic carbocycles. The van der Waals surface area contributed by atoms with Crippen LogP contribution < -0.4 is 29.6 Å². The van der Waals surface area contributed by atoms with E-state index in [4.69, 9.17) is 18.9 Å². The molecule has 0 saturated carbocycles. The summed E-state index contributed by atoms with van der Waals surface area (Å²) in [6, 6.07) is 9.01. The Kier molecular flexibility index (Phi) is 11.7. The van der Waals surface area contributed by atoms with Gasteiger partial charge in [0, 0.05) is 37.9 Å². The molecule has 3 N–H and O–H groups in total. The molecule has 0 bridgehead atoms. The first-order chi connectivity index (χ1) is 17.7. The summed E-state index contributed by atoms with van der Waals surface area (Å²) < 4.78 is 48.6. The van der Waals surface area contributed by atoms with Crippen molar-refractivity contribution in [2.75, 3.05) is 47.6 Å². The van der Waals surface area contributed by atoms with Gasteiger partial charge in [-0.15, -0.1) is 0 Å². The van der Waals surface area contributed by atoms with E-state index in [1.54, 1.807) is 44.4 Å². The minimum Gasteiger partial charge on any atom is -0.497 e. The summed E-state index contributed by atoms with van der Waals surface area (Å²) in [6.45, 7) is 2.56. The second-order valence-electron chi connectivity index (χ2n) is 7.57. The zero-order chi connectivity index (χ0) is 27.3. The van der Waals surface area contributed by atoms with Crippen LogP contribution >= 0.6 is 0 Å². The first kappa shape index (κ1) is 29.5. The Bertz CT molecular complexity index is 1200. The fourth-order valence-electron chi connectivity index (χ4n) is 3.16. The number of urea groups is 1. The normalized spacial score (nSPS) is 11.1. The lowest BCUT2D eigenvalue weighted by Gasteiger charge is -2.14. The molecule has 0 heterocycles. The quantitative estimate of drug-likeness (QED) is 0.247. The molecule has 37 heavy (non-hydrogen) atoms. The van der Waals surface area contributed by atoms with Crippen molar-refractivity contribution in [2.45, 2.75) is 18.2 Å². The van der Waals surface area contributed by atoms with E-state index in [2.05, 4.69) is 10.6 Å². The van der Waals surface area contributed by atoms with E-state index in [9.17, 15) is 18.0 Å². The van der Waals surface area contributed by atoms with Gasteiger partial charge in [-0.05, 0) is 49.2 Å². The van der Waals surface area contributed by atoms with Gasteiger partial charge < -0.3 is 29.6 Å². The van der Waals surface area contributed by atoms with Crippen LogP contribution in [0.2, 0.25) is 0 Å². The second kappa shape index (κ2) is 14.7. The highest BCUT2D eigenvalue weighted by Crippen LogP contribution is 2.26. The third-order valence-corrected chi connectivity index (χ3v) is 6.33. The number of carbonyl (C=O) groups excluding carboxylic acids is 2. The summed E-state index contributed by atoms with van der Waals surface area (Å²) in [4.78, 5) is 23.9. The van der Waals surface area contributed by atoms with Crippen molar-refractivity contribution in [2.24, 2.45) is 0 Å². The van der Waals surface area contributed by atoms with E-state index in [1.165, 1.54) is 32.4 Å². The van der Waals surface area contributed by atoms with Crippen molar-refractivity contribution >= 4 is 28.0 Å². The summed E-state index contributed by atoms with van der Waals surface area (Å²) in [5.74, 6) is 0.948. The number of ether oxygens (including phenoxy) is 4. The number of hydrogen-bond donors (Lipinski definition) is 3. The van der Waals surface area contributed by atoms with Gasteiger partial charge in [0.05, 0.1) is 20.8 Å². The van der Waals surface area contributed by atoms with Crippen molar-refractivity contribution in [1.82, 2.24) is 15.4 Å². The zero-order valence-electron chi connectivity index (χ0n) is 21.3. The van der Waals surface area contributed by atoms with Crippen molar-refractivity contribution in [3.8, 4) is 17.2 Å². The van der Waals surface area contributed by atoms with Gasteiger partial charge in [-0.1, -0.05) is 6.07 Å². The molecule has 0 unspecified atom stereocenters. The first-order valence-electron chi connectivity index (χ1n) is 11.5. The number of carbonyl (C=O) groups is 2. The number of nitrogens with one attached hydrogen (secondary N) is 3. The van der Waals surface area contributed by atoms with Crippen LogP contribution in [0.25, 0.3) is 6.08 Å². The van der Waals surface area contributed by atoms with E-state index in [-0.39, 0.29) is 42.9 Å². The Morgan fingerprint density at radius 3 is 2.41 bits per heavy atom. The molecule has 0 aliphatic heterocycles. The molecule has 0 aliphatic rings. The predicted octanol–water partition coefficient (Wildman–Crippen LogP) is 2.11. The Morgan fingerprint density at radius 1 is 0.946 bits per heavy atom. The maximum atomic E-state index is 12.8. The molecule has 0 fully saturated rings. The molecule has 2 aromatic carbocycles. The predicted molar refractivity (Wildman–Crippen MR) is 139 cm³/mol. The number of benzene rings is 2. The summed E-state index contributed by atoms with van der Waals surface area (Å²) in [7, 11) is 0.368. The second-order valence-corrected chi connectivity index (χ2v) is 9.22. The minimum absolute atomic E-state index is 0.0815. The number of methoxy groups -OCH3 is 3. The molecule has 2 aromatic rings. The van der Waals surface area contributed by atoms with Gasteiger partial charge in [0.1, 0.15) is 28.8 Å². The van der Waals surface area contributed by atoms with Crippen LogP contribution in [0.5, 0.6) is 17.2 Å². The Balaban J connectivity index is 2.08. The van der Waals surface area contributed by atoms with Gasteiger partial charge >= 0.3 is 6.03 Å². The van der Waals surface area contributed by atoms with Crippen molar-refractivity contribution in [3.05, 3.63) is 53.6 Å². The molecule has 0 aromatic heterocycles. The highest BCUT2D eigenvalue weighted by molar-refractivity contribution is 7.90. The number of amides is 3. The molecule has 0 radical (unpaired) electrons. The van der Waals surface area contributed by atoms with Gasteiger partial charge in [-0.3, -0.25) is 4.79 Å². The van der Waals surface area contributed by atoms with E-state index in [0.717, 1.165) is 0 Å². The standard InChI is InChI=1S/C25H33N3O8S/c1-5-26-25(30)28-37(31,32)23-16-18(6-10-21(23)36-15-14-33-2)12-13-27-24(29)11-8-19-7-9-20(34-3)17-22(19)35-4/h6-11,16-17H,5,12-15H2,1-4H3,(H,27,29)(H2,26,28,30)/b11-8+. The van der Waals surface area contributed by atoms with E-state index < -0.39 is 16.1 Å². The zero-order valence-corrected chi connectivity index (χ0v) is 22.1. The first-order valence-corrected chi connectivity index (χ1v) is 13.0. The lowest BCUT2D eigenvalue weighted by Crippen LogP contribution is -2.39. The van der Waals surface area contributed by atoms with Gasteiger partial charge in [-0.25, -0.2) is 17.9 Å². The smallest absolute Gasteiger partial charge is 0.328 e. The molecule has 2 rings (SSSR count). The summed E-state index contributed by atoms with van der Waals surface area (Å²) in [5, 5.41) is 5.14. The molecule has 0 saturated heterocycles. The summed E-state index contributed by atoms with van der Waals surface area (Å²) in [5.41, 5.74) is 1.33. The summed E-state index contributed by atoms with van der Waals surface area (Å²) in [6.07, 6.45) is 3.34. The monoisotopic (exact) mass is 535 g/mol. The topological polar surface area (TPSA) is 141 Å². The molecule has 202 valence electrons. The van der Waals surface area contributed by atoms with Crippen LogP contribution in [0.15, 0.2) is 47.4 Å². The van der Waals surface area contributed by atoms with Crippen molar-refractivity contribution < 1.29 is 37.0 Å².